The van der Waals surface area contributed by atoms with Gasteiger partial charge in [-0.05, 0) is 48.4 Å². The molecule has 1 saturated heterocycles. The van der Waals surface area contributed by atoms with Gasteiger partial charge in [-0.1, -0.05) is 17.7 Å². The number of nitrogens with one attached hydrogen (secondary N) is 2. The van der Waals surface area contributed by atoms with Crippen LogP contribution in [0.3, 0.4) is 0 Å². The Balaban J connectivity index is 1.68. The molecule has 2 aromatic carbocycles. The number of benzene rings is 2. The van der Waals surface area contributed by atoms with E-state index in [0.29, 0.717) is 34.9 Å². The van der Waals surface area contributed by atoms with E-state index in [1.807, 2.05) is 6.07 Å². The molecule has 0 aromatic heterocycles. The number of carboxylic acid groups (broad SMARTS) is 1. The van der Waals surface area contributed by atoms with E-state index in [9.17, 15) is 19.5 Å². The molecule has 2 aliphatic heterocycles. The van der Waals surface area contributed by atoms with Crippen molar-refractivity contribution >= 4 is 52.0 Å². The third-order valence-electron chi connectivity index (χ3n) is 5.30. The number of halogens is 1. The third-order valence-corrected chi connectivity index (χ3v) is 5.53. The number of hydrogen-bond acceptors (Lipinski definition) is 4. The molecule has 0 radical (unpaired) electrons. The average Bonchev–Trinajstić information content (AvgIpc) is 3.08. The first-order valence-electron chi connectivity index (χ1n) is 9.54. The second-order valence-corrected chi connectivity index (χ2v) is 7.76. The number of anilines is 3. The highest BCUT2D eigenvalue weighted by molar-refractivity contribution is 6.31. The maximum Gasteiger partial charge on any atom is 0.326 e. The Morgan fingerprint density at radius 3 is 2.57 bits per heavy atom. The second-order valence-electron chi connectivity index (χ2n) is 7.32. The lowest BCUT2D eigenvalue weighted by Crippen LogP contribution is -2.33. The van der Waals surface area contributed by atoms with Gasteiger partial charge in [-0.25, -0.2) is 4.79 Å². The summed E-state index contributed by atoms with van der Waals surface area (Å²) >= 11 is 6.08. The van der Waals surface area contributed by atoms with Crippen molar-refractivity contribution in [1.82, 2.24) is 0 Å². The fourth-order valence-corrected chi connectivity index (χ4v) is 4.11. The van der Waals surface area contributed by atoms with Gasteiger partial charge in [0.25, 0.3) is 5.91 Å². The molecule has 0 saturated carbocycles. The van der Waals surface area contributed by atoms with E-state index in [4.69, 9.17) is 11.6 Å². The number of carbonyl (C=O) groups is 3. The summed E-state index contributed by atoms with van der Waals surface area (Å²) in [4.78, 5) is 37.7. The SMILES string of the molecule is CC(=O)Nc1ccc(N2CCC(=C3CC(C(=O)O)Nc4cc(Cl)ccc43)C2=O)cc1. The fourth-order valence-electron chi connectivity index (χ4n) is 3.94. The number of aliphatic carboxylic acids is 1. The molecule has 0 spiro atoms. The lowest BCUT2D eigenvalue weighted by Gasteiger charge is -2.28. The minimum Gasteiger partial charge on any atom is -0.480 e. The summed E-state index contributed by atoms with van der Waals surface area (Å²) < 4.78 is 0. The molecule has 2 heterocycles. The summed E-state index contributed by atoms with van der Waals surface area (Å²) in [5, 5.41) is 15.7. The summed E-state index contributed by atoms with van der Waals surface area (Å²) in [6.45, 7) is 1.94. The lowest BCUT2D eigenvalue weighted by atomic mass is 9.88. The minimum atomic E-state index is -0.977. The number of rotatable bonds is 3. The number of carbonyl (C=O) groups excluding carboxylic acids is 2. The van der Waals surface area contributed by atoms with Gasteiger partial charge in [0, 0.05) is 53.1 Å². The number of nitrogens with zero attached hydrogens (tertiary/aromatic N) is 1. The zero-order valence-corrected chi connectivity index (χ0v) is 17.0. The molecule has 1 fully saturated rings. The van der Waals surface area contributed by atoms with Gasteiger partial charge in [-0.3, -0.25) is 9.59 Å². The van der Waals surface area contributed by atoms with Crippen molar-refractivity contribution < 1.29 is 19.5 Å². The minimum absolute atomic E-state index is 0.135. The zero-order valence-electron chi connectivity index (χ0n) is 16.2. The van der Waals surface area contributed by atoms with Gasteiger partial charge in [0.15, 0.2) is 0 Å². The first-order valence-corrected chi connectivity index (χ1v) is 9.92. The quantitative estimate of drug-likeness (QED) is 0.650. The van der Waals surface area contributed by atoms with Crippen LogP contribution in [0.5, 0.6) is 0 Å². The number of carboxylic acids is 1. The summed E-state index contributed by atoms with van der Waals surface area (Å²) in [5.74, 6) is -1.27. The van der Waals surface area contributed by atoms with Crippen LogP contribution in [0.4, 0.5) is 17.1 Å². The number of hydrogen-bond donors (Lipinski definition) is 3. The van der Waals surface area contributed by atoms with Crippen LogP contribution in [-0.2, 0) is 14.4 Å². The fraction of sp³-hybridized carbons (Fsp3) is 0.227. The van der Waals surface area contributed by atoms with Crippen LogP contribution in [0.25, 0.3) is 5.57 Å². The first kappa shape index (κ1) is 20.0. The monoisotopic (exact) mass is 425 g/mol. The molecule has 154 valence electrons. The Morgan fingerprint density at radius 1 is 1.17 bits per heavy atom. The lowest BCUT2D eigenvalue weighted by molar-refractivity contribution is -0.137. The molecule has 2 aliphatic rings. The molecule has 1 unspecified atom stereocenters. The van der Waals surface area contributed by atoms with Gasteiger partial charge in [0.2, 0.25) is 5.91 Å². The van der Waals surface area contributed by atoms with Gasteiger partial charge >= 0.3 is 5.97 Å². The Labute approximate surface area is 178 Å². The van der Waals surface area contributed by atoms with E-state index in [1.165, 1.54) is 6.92 Å². The van der Waals surface area contributed by atoms with Crippen molar-refractivity contribution in [1.29, 1.82) is 0 Å². The van der Waals surface area contributed by atoms with Gasteiger partial charge in [0.05, 0.1) is 0 Å². The van der Waals surface area contributed by atoms with Crippen LogP contribution < -0.4 is 15.5 Å². The highest BCUT2D eigenvalue weighted by atomic mass is 35.5. The van der Waals surface area contributed by atoms with Crippen molar-refractivity contribution in [2.75, 3.05) is 22.1 Å². The molecule has 2 amide bonds. The van der Waals surface area contributed by atoms with Gasteiger partial charge in [0.1, 0.15) is 6.04 Å². The molecule has 0 aliphatic carbocycles. The summed E-state index contributed by atoms with van der Waals surface area (Å²) in [7, 11) is 0. The number of fused-ring (bicyclic) bond motifs is 1. The van der Waals surface area contributed by atoms with Crippen molar-refractivity contribution in [3.8, 4) is 0 Å². The largest absolute Gasteiger partial charge is 0.480 e. The Hall–Kier alpha value is -3.32. The molecule has 30 heavy (non-hydrogen) atoms. The van der Waals surface area contributed by atoms with E-state index < -0.39 is 12.0 Å². The molecule has 7 nitrogen and oxygen atoms in total. The molecular weight excluding hydrogens is 406 g/mol. The van der Waals surface area contributed by atoms with Crippen LogP contribution in [0.2, 0.25) is 5.02 Å². The number of amides is 2. The van der Waals surface area contributed by atoms with E-state index in [2.05, 4.69) is 10.6 Å². The van der Waals surface area contributed by atoms with Gasteiger partial charge in [-0.15, -0.1) is 0 Å². The third kappa shape index (κ3) is 3.76. The standard InChI is InChI=1S/C22H20ClN3O4/c1-12(27)24-14-3-5-15(6-4-14)26-9-8-17(21(26)28)18-11-20(22(29)30)25-19-10-13(23)2-7-16(18)19/h2-7,10,20,25H,8-9,11H2,1H3,(H,24,27)(H,29,30). The van der Waals surface area contributed by atoms with Crippen molar-refractivity contribution in [3.05, 3.63) is 58.6 Å². The van der Waals surface area contributed by atoms with Crippen molar-refractivity contribution in [2.45, 2.75) is 25.8 Å². The van der Waals surface area contributed by atoms with E-state index in [-0.39, 0.29) is 18.2 Å². The second kappa shape index (κ2) is 7.84. The van der Waals surface area contributed by atoms with Crippen molar-refractivity contribution in [3.63, 3.8) is 0 Å². The highest BCUT2D eigenvalue weighted by Gasteiger charge is 2.35. The van der Waals surface area contributed by atoms with E-state index in [0.717, 1.165) is 16.8 Å². The molecule has 0 bridgehead atoms. The summed E-state index contributed by atoms with van der Waals surface area (Å²) in [6, 6.07) is 11.5. The average molecular weight is 426 g/mol. The molecular formula is C22H20ClN3O4. The molecule has 4 rings (SSSR count). The van der Waals surface area contributed by atoms with Crippen LogP contribution in [-0.4, -0.2) is 35.5 Å². The predicted molar refractivity (Wildman–Crippen MR) is 116 cm³/mol. The molecule has 8 heteroatoms. The summed E-state index contributed by atoms with van der Waals surface area (Å²) in [5.41, 5.74) is 4.18. The van der Waals surface area contributed by atoms with E-state index in [1.54, 1.807) is 41.3 Å². The van der Waals surface area contributed by atoms with Crippen LogP contribution in [0.1, 0.15) is 25.3 Å². The van der Waals surface area contributed by atoms with Gasteiger partial charge in [-0.2, -0.15) is 0 Å². The molecule has 1 atom stereocenters. The zero-order chi connectivity index (χ0) is 21.4. The topological polar surface area (TPSA) is 98.7 Å². The maximum absolute atomic E-state index is 13.2. The normalized spacial score (nSPS) is 20.5. The Morgan fingerprint density at radius 2 is 1.90 bits per heavy atom. The Kier molecular flexibility index (Phi) is 5.22. The van der Waals surface area contributed by atoms with Gasteiger partial charge < -0.3 is 20.6 Å². The smallest absolute Gasteiger partial charge is 0.326 e. The summed E-state index contributed by atoms with van der Waals surface area (Å²) in [6.07, 6.45) is 0.746. The molecule has 3 N–H and O–H groups in total. The van der Waals surface area contributed by atoms with Crippen LogP contribution in [0, 0.1) is 0 Å². The highest BCUT2D eigenvalue weighted by Crippen LogP contribution is 2.40. The molecule has 2 aromatic rings. The van der Waals surface area contributed by atoms with Crippen LogP contribution in [0.15, 0.2) is 48.0 Å². The van der Waals surface area contributed by atoms with Crippen molar-refractivity contribution in [2.24, 2.45) is 0 Å². The Bertz CT molecular complexity index is 1080. The first-order chi connectivity index (χ1) is 14.3. The van der Waals surface area contributed by atoms with E-state index >= 15 is 0 Å². The maximum atomic E-state index is 13.2. The predicted octanol–water partition coefficient (Wildman–Crippen LogP) is 3.76. The van der Waals surface area contributed by atoms with Crippen LogP contribution >= 0.6 is 11.6 Å².